The molecule has 0 bridgehead atoms. The van der Waals surface area contributed by atoms with Crippen molar-refractivity contribution in [2.45, 2.75) is 19.8 Å². The van der Waals surface area contributed by atoms with Gasteiger partial charge in [0.2, 0.25) is 0 Å². The third-order valence-corrected chi connectivity index (χ3v) is 3.98. The summed E-state index contributed by atoms with van der Waals surface area (Å²) in [5, 5.41) is 8.61. The van der Waals surface area contributed by atoms with E-state index in [9.17, 15) is 0 Å². The summed E-state index contributed by atoms with van der Waals surface area (Å²) in [6.07, 6.45) is 6.64. The van der Waals surface area contributed by atoms with E-state index in [1.165, 1.54) is 16.7 Å². The zero-order chi connectivity index (χ0) is 13.5. The first-order valence-electron chi connectivity index (χ1n) is 6.94. The van der Waals surface area contributed by atoms with E-state index < -0.39 is 0 Å². The van der Waals surface area contributed by atoms with Crippen LogP contribution in [-0.2, 0) is 6.42 Å². The van der Waals surface area contributed by atoms with E-state index in [-0.39, 0.29) is 0 Å². The summed E-state index contributed by atoms with van der Waals surface area (Å²) >= 11 is 0. The molecule has 0 saturated heterocycles. The van der Waals surface area contributed by atoms with Crippen molar-refractivity contribution < 1.29 is 0 Å². The number of aryl methyl sites for hydroxylation is 1. The molecule has 4 rings (SSSR count). The zero-order valence-corrected chi connectivity index (χ0v) is 11.4. The molecule has 1 aliphatic carbocycles. The third-order valence-electron chi connectivity index (χ3n) is 3.98. The van der Waals surface area contributed by atoms with Crippen molar-refractivity contribution in [2.75, 3.05) is 0 Å². The Balaban J connectivity index is 2.02. The molecule has 0 radical (unpaired) electrons. The summed E-state index contributed by atoms with van der Waals surface area (Å²) in [7, 11) is 0. The van der Waals surface area contributed by atoms with Crippen LogP contribution in [0.5, 0.6) is 0 Å². The minimum Gasteiger partial charge on any atom is -0.213 e. The molecule has 0 amide bonds. The highest BCUT2D eigenvalue weighted by atomic mass is 15.4. The van der Waals surface area contributed by atoms with Crippen LogP contribution in [-0.4, -0.2) is 15.0 Å². The summed E-state index contributed by atoms with van der Waals surface area (Å²) in [6.45, 7) is 2.16. The number of hydrogen-bond acceptors (Lipinski definition) is 2. The second-order valence-electron chi connectivity index (χ2n) is 5.22. The SMILES string of the molecule is Cc1ccc(-n2nnc3ccccc32)c2c1C=CCC2. The minimum atomic E-state index is 0.938. The number of aromatic nitrogens is 3. The van der Waals surface area contributed by atoms with Gasteiger partial charge in [-0.3, -0.25) is 0 Å². The van der Waals surface area contributed by atoms with Crippen molar-refractivity contribution >= 4 is 17.1 Å². The maximum absolute atomic E-state index is 4.35. The molecule has 2 aromatic carbocycles. The van der Waals surface area contributed by atoms with Crippen LogP contribution in [0.25, 0.3) is 22.8 Å². The first-order chi connectivity index (χ1) is 9.84. The number of nitrogens with zero attached hydrogens (tertiary/aromatic N) is 3. The lowest BCUT2D eigenvalue weighted by atomic mass is 9.92. The Morgan fingerprint density at radius 1 is 1.10 bits per heavy atom. The molecule has 0 aliphatic heterocycles. The highest BCUT2D eigenvalue weighted by Crippen LogP contribution is 2.29. The van der Waals surface area contributed by atoms with Gasteiger partial charge in [-0.1, -0.05) is 35.6 Å². The molecular formula is C17H15N3. The van der Waals surface area contributed by atoms with Crippen molar-refractivity contribution in [1.29, 1.82) is 0 Å². The molecule has 1 heterocycles. The van der Waals surface area contributed by atoms with Gasteiger partial charge in [0, 0.05) is 0 Å². The molecule has 3 nitrogen and oxygen atoms in total. The van der Waals surface area contributed by atoms with Gasteiger partial charge in [-0.05, 0) is 54.7 Å². The van der Waals surface area contributed by atoms with Crippen LogP contribution >= 0.6 is 0 Å². The van der Waals surface area contributed by atoms with Crippen LogP contribution in [0.2, 0.25) is 0 Å². The van der Waals surface area contributed by atoms with Gasteiger partial charge in [-0.25, -0.2) is 4.68 Å². The molecule has 0 unspecified atom stereocenters. The lowest BCUT2D eigenvalue weighted by Crippen LogP contribution is -2.06. The Labute approximate surface area is 117 Å². The van der Waals surface area contributed by atoms with Crippen molar-refractivity contribution in [3.63, 3.8) is 0 Å². The highest BCUT2D eigenvalue weighted by Gasteiger charge is 2.15. The lowest BCUT2D eigenvalue weighted by Gasteiger charge is -2.17. The molecule has 0 N–H and O–H groups in total. The summed E-state index contributed by atoms with van der Waals surface area (Å²) in [5.74, 6) is 0. The van der Waals surface area contributed by atoms with Gasteiger partial charge in [0.15, 0.2) is 0 Å². The average molecular weight is 261 g/mol. The monoisotopic (exact) mass is 261 g/mol. The zero-order valence-electron chi connectivity index (χ0n) is 11.4. The normalized spacial score (nSPS) is 13.7. The Morgan fingerprint density at radius 2 is 2.00 bits per heavy atom. The molecule has 20 heavy (non-hydrogen) atoms. The summed E-state index contributed by atoms with van der Waals surface area (Å²) < 4.78 is 1.97. The molecule has 3 aromatic rings. The van der Waals surface area contributed by atoms with Crippen molar-refractivity contribution in [2.24, 2.45) is 0 Å². The second kappa shape index (κ2) is 4.30. The van der Waals surface area contributed by atoms with E-state index in [0.717, 1.165) is 29.6 Å². The van der Waals surface area contributed by atoms with E-state index in [2.05, 4.69) is 47.6 Å². The first kappa shape index (κ1) is 11.4. The average Bonchev–Trinajstić information content (AvgIpc) is 2.92. The molecule has 1 aliphatic rings. The van der Waals surface area contributed by atoms with E-state index in [1.54, 1.807) is 0 Å². The van der Waals surface area contributed by atoms with E-state index in [4.69, 9.17) is 0 Å². The van der Waals surface area contributed by atoms with Crippen LogP contribution < -0.4 is 0 Å². The van der Waals surface area contributed by atoms with Gasteiger partial charge < -0.3 is 0 Å². The van der Waals surface area contributed by atoms with Crippen LogP contribution in [0.3, 0.4) is 0 Å². The van der Waals surface area contributed by atoms with Gasteiger partial charge in [-0.2, -0.15) is 0 Å². The van der Waals surface area contributed by atoms with E-state index in [1.807, 2.05) is 22.9 Å². The van der Waals surface area contributed by atoms with Crippen molar-refractivity contribution in [3.8, 4) is 5.69 Å². The van der Waals surface area contributed by atoms with Crippen molar-refractivity contribution in [3.05, 3.63) is 59.2 Å². The Hall–Kier alpha value is -2.42. The predicted octanol–water partition coefficient (Wildman–Crippen LogP) is 3.69. The molecule has 3 heteroatoms. The quantitative estimate of drug-likeness (QED) is 0.669. The fourth-order valence-corrected chi connectivity index (χ4v) is 2.94. The Morgan fingerprint density at radius 3 is 2.95 bits per heavy atom. The van der Waals surface area contributed by atoms with Gasteiger partial charge in [0.1, 0.15) is 5.52 Å². The molecule has 0 saturated carbocycles. The van der Waals surface area contributed by atoms with E-state index in [0.29, 0.717) is 0 Å². The van der Waals surface area contributed by atoms with Crippen LogP contribution in [0.1, 0.15) is 23.1 Å². The molecule has 0 atom stereocenters. The summed E-state index contributed by atoms with van der Waals surface area (Å²) in [4.78, 5) is 0. The van der Waals surface area contributed by atoms with Gasteiger partial charge in [0.05, 0.1) is 11.2 Å². The van der Waals surface area contributed by atoms with Gasteiger partial charge >= 0.3 is 0 Å². The summed E-state index contributed by atoms with van der Waals surface area (Å²) in [6, 6.07) is 12.4. The van der Waals surface area contributed by atoms with Crippen LogP contribution in [0.4, 0.5) is 0 Å². The third kappa shape index (κ3) is 1.59. The number of fused-ring (bicyclic) bond motifs is 2. The fraction of sp³-hybridized carbons (Fsp3) is 0.176. The second-order valence-corrected chi connectivity index (χ2v) is 5.22. The van der Waals surface area contributed by atoms with Crippen LogP contribution in [0.15, 0.2) is 42.5 Å². The topological polar surface area (TPSA) is 30.7 Å². The van der Waals surface area contributed by atoms with Gasteiger partial charge in [0.25, 0.3) is 0 Å². The number of hydrogen-bond donors (Lipinski definition) is 0. The summed E-state index contributed by atoms with van der Waals surface area (Å²) in [5.41, 5.74) is 7.20. The Bertz CT molecular complexity index is 827. The molecule has 1 aromatic heterocycles. The number of para-hydroxylation sites is 1. The fourth-order valence-electron chi connectivity index (χ4n) is 2.94. The molecular weight excluding hydrogens is 246 g/mol. The van der Waals surface area contributed by atoms with Crippen LogP contribution in [0, 0.1) is 6.92 Å². The smallest absolute Gasteiger partial charge is 0.113 e. The van der Waals surface area contributed by atoms with E-state index >= 15 is 0 Å². The highest BCUT2D eigenvalue weighted by molar-refractivity contribution is 5.77. The minimum absolute atomic E-state index is 0.938. The maximum Gasteiger partial charge on any atom is 0.113 e. The Kier molecular flexibility index (Phi) is 2.46. The number of benzene rings is 2. The number of allylic oxidation sites excluding steroid dienone is 1. The standard InChI is InChI=1S/C17H15N3/c1-12-10-11-16(14-7-3-2-6-13(12)14)20-17-9-5-4-8-15(17)18-19-20/h2,4-6,8-11H,3,7H2,1H3. The lowest BCUT2D eigenvalue weighted by molar-refractivity contribution is 0.806. The number of rotatable bonds is 1. The molecule has 98 valence electrons. The first-order valence-corrected chi connectivity index (χ1v) is 6.94. The molecule has 0 spiro atoms. The van der Waals surface area contributed by atoms with Crippen molar-refractivity contribution in [1.82, 2.24) is 15.0 Å². The largest absolute Gasteiger partial charge is 0.213 e. The predicted molar refractivity (Wildman–Crippen MR) is 81.0 cm³/mol. The maximum atomic E-state index is 4.35. The molecule has 0 fully saturated rings. The van der Waals surface area contributed by atoms with Gasteiger partial charge in [-0.15, -0.1) is 5.10 Å².